The first-order chi connectivity index (χ1) is 10.2. The predicted octanol–water partition coefficient (Wildman–Crippen LogP) is 4.88. The molecule has 0 saturated carbocycles. The van der Waals surface area contributed by atoms with E-state index in [4.69, 9.17) is 0 Å². The summed E-state index contributed by atoms with van der Waals surface area (Å²) in [6.07, 6.45) is 0. The molecule has 4 heteroatoms. The van der Waals surface area contributed by atoms with Gasteiger partial charge in [0.1, 0.15) is 11.6 Å². The van der Waals surface area contributed by atoms with E-state index < -0.39 is 0 Å². The molecular weight excluding hydrogens is 288 g/mol. The molecule has 0 aliphatic carbocycles. The zero-order valence-electron chi connectivity index (χ0n) is 11.6. The van der Waals surface area contributed by atoms with Crippen LogP contribution in [0.25, 0.3) is 10.1 Å². The van der Waals surface area contributed by atoms with Crippen LogP contribution in [0.2, 0.25) is 0 Å². The molecule has 2 aromatic carbocycles. The number of nitrogens with one attached hydrogen (secondary N) is 1. The van der Waals surface area contributed by atoms with E-state index in [1.54, 1.807) is 23.5 Å². The fraction of sp³-hybridized carbons (Fsp3) is 0.176. The highest BCUT2D eigenvalue weighted by molar-refractivity contribution is 7.19. The molecular formula is C17H15F2NS. The number of benzene rings is 2. The third-order valence-corrected chi connectivity index (χ3v) is 4.55. The first kappa shape index (κ1) is 14.2. The maximum absolute atomic E-state index is 13.5. The highest BCUT2D eigenvalue weighted by Gasteiger charge is 2.16. The van der Waals surface area contributed by atoms with Gasteiger partial charge in [-0.25, -0.2) is 8.78 Å². The monoisotopic (exact) mass is 303 g/mol. The van der Waals surface area contributed by atoms with E-state index in [-0.39, 0.29) is 17.7 Å². The van der Waals surface area contributed by atoms with Gasteiger partial charge in [-0.3, -0.25) is 0 Å². The molecule has 1 aromatic heterocycles. The molecule has 1 nitrogen and oxygen atoms in total. The summed E-state index contributed by atoms with van der Waals surface area (Å²) in [5.74, 6) is -0.486. The summed E-state index contributed by atoms with van der Waals surface area (Å²) >= 11 is 1.60. The van der Waals surface area contributed by atoms with Crippen LogP contribution in [0.4, 0.5) is 8.78 Å². The smallest absolute Gasteiger partial charge is 0.123 e. The summed E-state index contributed by atoms with van der Waals surface area (Å²) < 4.78 is 27.8. The van der Waals surface area contributed by atoms with E-state index >= 15 is 0 Å². The van der Waals surface area contributed by atoms with Crippen LogP contribution in [0.15, 0.2) is 48.5 Å². The average molecular weight is 303 g/mol. The highest BCUT2D eigenvalue weighted by Crippen LogP contribution is 2.33. The van der Waals surface area contributed by atoms with Gasteiger partial charge in [0.25, 0.3) is 0 Å². The topological polar surface area (TPSA) is 12.0 Å². The number of rotatable bonds is 4. The second kappa shape index (κ2) is 5.92. The average Bonchev–Trinajstić information content (AvgIpc) is 2.87. The molecule has 1 N–H and O–H groups in total. The highest BCUT2D eigenvalue weighted by atomic mass is 32.1. The molecule has 1 unspecified atom stereocenters. The van der Waals surface area contributed by atoms with E-state index in [0.717, 1.165) is 27.1 Å². The summed E-state index contributed by atoms with van der Waals surface area (Å²) in [5, 5.41) is 4.25. The van der Waals surface area contributed by atoms with Crippen molar-refractivity contribution < 1.29 is 8.78 Å². The first-order valence-electron chi connectivity index (χ1n) is 6.85. The van der Waals surface area contributed by atoms with Gasteiger partial charge in [0.15, 0.2) is 0 Å². The fourth-order valence-electron chi connectivity index (χ4n) is 2.45. The maximum atomic E-state index is 13.5. The Hall–Kier alpha value is -1.78. The van der Waals surface area contributed by atoms with Crippen molar-refractivity contribution in [3.8, 4) is 0 Å². The Balaban J connectivity index is 2.06. The normalized spacial score (nSPS) is 12.7. The van der Waals surface area contributed by atoms with E-state index in [9.17, 15) is 8.78 Å². The molecule has 0 saturated heterocycles. The summed E-state index contributed by atoms with van der Waals surface area (Å²) in [6.45, 7) is 2.78. The minimum atomic E-state index is -0.248. The summed E-state index contributed by atoms with van der Waals surface area (Å²) in [6, 6.07) is 13.3. The Morgan fingerprint density at radius 1 is 1.05 bits per heavy atom. The van der Waals surface area contributed by atoms with E-state index in [1.165, 1.54) is 24.3 Å². The number of hydrogen-bond donors (Lipinski definition) is 1. The maximum Gasteiger partial charge on any atom is 0.123 e. The van der Waals surface area contributed by atoms with Gasteiger partial charge in [-0.1, -0.05) is 19.1 Å². The lowest BCUT2D eigenvalue weighted by atomic mass is 10.0. The lowest BCUT2D eigenvalue weighted by molar-refractivity contribution is 0.607. The van der Waals surface area contributed by atoms with E-state index in [0.29, 0.717) is 0 Å². The van der Waals surface area contributed by atoms with E-state index in [1.807, 2.05) is 19.1 Å². The zero-order chi connectivity index (χ0) is 14.8. The second-order valence-electron chi connectivity index (χ2n) is 4.88. The number of fused-ring (bicyclic) bond motifs is 1. The molecule has 21 heavy (non-hydrogen) atoms. The quantitative estimate of drug-likeness (QED) is 0.724. The third-order valence-electron chi connectivity index (χ3n) is 3.37. The second-order valence-corrected chi connectivity index (χ2v) is 5.99. The standard InChI is InChI=1S/C17H15F2NS/c1-2-20-17(11-4-3-5-13(18)8-11)16-10-12-9-14(19)6-7-15(12)21-16/h3-10,17,20H,2H2,1H3. The van der Waals surface area contributed by atoms with Gasteiger partial charge in [0.05, 0.1) is 6.04 Å². The molecule has 108 valence electrons. The molecule has 0 spiro atoms. The van der Waals surface area contributed by atoms with Crippen molar-refractivity contribution in [3.05, 3.63) is 70.6 Å². The van der Waals surface area contributed by atoms with Crippen molar-refractivity contribution >= 4 is 21.4 Å². The Morgan fingerprint density at radius 2 is 1.86 bits per heavy atom. The lowest BCUT2D eigenvalue weighted by Gasteiger charge is -2.16. The van der Waals surface area contributed by atoms with Crippen LogP contribution in [0, 0.1) is 11.6 Å². The van der Waals surface area contributed by atoms with Crippen molar-refractivity contribution in [2.45, 2.75) is 13.0 Å². The van der Waals surface area contributed by atoms with Crippen molar-refractivity contribution in [2.75, 3.05) is 6.54 Å². The lowest BCUT2D eigenvalue weighted by Crippen LogP contribution is -2.21. The van der Waals surface area contributed by atoms with Gasteiger partial charge in [-0.05, 0) is 53.9 Å². The molecule has 3 rings (SSSR count). The van der Waals surface area contributed by atoms with Gasteiger partial charge in [0, 0.05) is 9.58 Å². The third kappa shape index (κ3) is 2.96. The van der Waals surface area contributed by atoms with Crippen LogP contribution < -0.4 is 5.32 Å². The van der Waals surface area contributed by atoms with Gasteiger partial charge >= 0.3 is 0 Å². The molecule has 3 aromatic rings. The number of hydrogen-bond acceptors (Lipinski definition) is 2. The fourth-order valence-corrected chi connectivity index (χ4v) is 3.60. The largest absolute Gasteiger partial charge is 0.306 e. The molecule has 0 amide bonds. The van der Waals surface area contributed by atoms with Gasteiger partial charge < -0.3 is 5.32 Å². The van der Waals surface area contributed by atoms with Crippen LogP contribution in [0.3, 0.4) is 0 Å². The molecule has 0 radical (unpaired) electrons. The van der Waals surface area contributed by atoms with Crippen molar-refractivity contribution in [1.29, 1.82) is 0 Å². The molecule has 0 aliphatic rings. The Kier molecular flexibility index (Phi) is 3.99. The van der Waals surface area contributed by atoms with Gasteiger partial charge in [-0.2, -0.15) is 0 Å². The SMILES string of the molecule is CCNC(c1cccc(F)c1)c1cc2cc(F)ccc2s1. The van der Waals surface area contributed by atoms with Crippen molar-refractivity contribution in [3.63, 3.8) is 0 Å². The van der Waals surface area contributed by atoms with Crippen LogP contribution in [-0.2, 0) is 0 Å². The number of halogens is 2. The van der Waals surface area contributed by atoms with Crippen LogP contribution in [-0.4, -0.2) is 6.54 Å². The first-order valence-corrected chi connectivity index (χ1v) is 7.67. The summed E-state index contributed by atoms with van der Waals surface area (Å²) in [5.41, 5.74) is 0.879. The minimum absolute atomic E-state index is 0.0776. The number of thiophene rings is 1. The zero-order valence-corrected chi connectivity index (χ0v) is 12.4. The molecule has 0 bridgehead atoms. The Labute approximate surface area is 126 Å². The molecule has 1 heterocycles. The van der Waals surface area contributed by atoms with Crippen LogP contribution in [0.1, 0.15) is 23.4 Å². The summed E-state index contributed by atoms with van der Waals surface area (Å²) in [4.78, 5) is 1.06. The Bertz CT molecular complexity index is 766. The minimum Gasteiger partial charge on any atom is -0.306 e. The summed E-state index contributed by atoms with van der Waals surface area (Å²) in [7, 11) is 0. The van der Waals surface area contributed by atoms with Crippen LogP contribution in [0.5, 0.6) is 0 Å². The Morgan fingerprint density at radius 3 is 2.62 bits per heavy atom. The molecule has 0 fully saturated rings. The van der Waals surface area contributed by atoms with Gasteiger partial charge in [0.2, 0.25) is 0 Å². The molecule has 1 atom stereocenters. The predicted molar refractivity (Wildman–Crippen MR) is 83.7 cm³/mol. The van der Waals surface area contributed by atoms with E-state index in [2.05, 4.69) is 5.32 Å². The molecule has 0 aliphatic heterocycles. The van der Waals surface area contributed by atoms with Crippen LogP contribution >= 0.6 is 11.3 Å². The van der Waals surface area contributed by atoms with Gasteiger partial charge in [-0.15, -0.1) is 11.3 Å². The van der Waals surface area contributed by atoms with Crippen molar-refractivity contribution in [1.82, 2.24) is 5.32 Å². The van der Waals surface area contributed by atoms with Crippen molar-refractivity contribution in [2.24, 2.45) is 0 Å².